The number of benzene rings is 2. The Kier molecular flexibility index (Phi) is 4.62. The molecule has 122 valence electrons. The fourth-order valence-corrected chi connectivity index (χ4v) is 2.58. The molecular weight excluding hydrogens is 324 g/mol. The zero-order valence-corrected chi connectivity index (χ0v) is 14.2. The number of amides is 1. The van der Waals surface area contributed by atoms with Gasteiger partial charge in [-0.1, -0.05) is 35.0 Å². The van der Waals surface area contributed by atoms with Gasteiger partial charge in [0, 0.05) is 11.6 Å². The molecule has 0 aliphatic heterocycles. The number of aryl methyl sites for hydroxylation is 2. The molecule has 1 heterocycles. The van der Waals surface area contributed by atoms with Crippen LogP contribution in [0.25, 0.3) is 5.69 Å². The molecule has 0 saturated heterocycles. The summed E-state index contributed by atoms with van der Waals surface area (Å²) in [6, 6.07) is 13.4. The maximum Gasteiger partial charge on any atom is 0.273 e. The largest absolute Gasteiger partial charge is 0.347 e. The molecule has 1 amide bonds. The molecule has 6 heteroatoms. The van der Waals surface area contributed by atoms with E-state index in [-0.39, 0.29) is 11.6 Å². The van der Waals surface area contributed by atoms with Crippen LogP contribution in [0.2, 0.25) is 5.02 Å². The fourth-order valence-electron chi connectivity index (χ4n) is 2.45. The van der Waals surface area contributed by atoms with E-state index in [1.54, 1.807) is 23.0 Å². The normalized spacial score (nSPS) is 10.6. The van der Waals surface area contributed by atoms with E-state index in [1.165, 1.54) is 0 Å². The van der Waals surface area contributed by atoms with E-state index < -0.39 is 0 Å². The van der Waals surface area contributed by atoms with Crippen LogP contribution in [0.3, 0.4) is 0 Å². The molecule has 0 bridgehead atoms. The van der Waals surface area contributed by atoms with Gasteiger partial charge in [0.15, 0.2) is 5.69 Å². The van der Waals surface area contributed by atoms with Crippen LogP contribution in [0, 0.1) is 13.8 Å². The summed E-state index contributed by atoms with van der Waals surface area (Å²) < 4.78 is 1.61. The standard InChI is InChI=1S/C18H17ClN4O/c1-12-7-13(2)9-16(8-12)23-11-17(21-22-23)18(24)20-10-14-3-5-15(19)6-4-14/h3-9,11H,10H2,1-2H3,(H,20,24). The highest BCUT2D eigenvalue weighted by Gasteiger charge is 2.11. The first kappa shape index (κ1) is 16.2. The quantitative estimate of drug-likeness (QED) is 0.791. The number of nitrogens with zero attached hydrogens (tertiary/aromatic N) is 3. The van der Waals surface area contributed by atoms with Gasteiger partial charge in [-0.05, 0) is 54.8 Å². The van der Waals surface area contributed by atoms with E-state index in [2.05, 4.69) is 21.7 Å². The second-order valence-electron chi connectivity index (χ2n) is 5.70. The van der Waals surface area contributed by atoms with E-state index in [0.29, 0.717) is 11.6 Å². The minimum absolute atomic E-state index is 0.263. The summed E-state index contributed by atoms with van der Waals surface area (Å²) in [5, 5.41) is 11.5. The van der Waals surface area contributed by atoms with Crippen LogP contribution in [-0.4, -0.2) is 20.9 Å². The van der Waals surface area contributed by atoms with Gasteiger partial charge in [0.1, 0.15) is 0 Å². The summed E-state index contributed by atoms with van der Waals surface area (Å²) >= 11 is 5.85. The maximum atomic E-state index is 12.2. The lowest BCUT2D eigenvalue weighted by Gasteiger charge is -2.04. The Labute approximate surface area is 145 Å². The van der Waals surface area contributed by atoms with Gasteiger partial charge < -0.3 is 5.32 Å². The maximum absolute atomic E-state index is 12.2. The van der Waals surface area contributed by atoms with Crippen molar-refractivity contribution >= 4 is 17.5 Å². The zero-order valence-electron chi connectivity index (χ0n) is 13.5. The van der Waals surface area contributed by atoms with Crippen molar-refractivity contribution in [2.24, 2.45) is 0 Å². The summed E-state index contributed by atoms with van der Waals surface area (Å²) in [4.78, 5) is 12.2. The highest BCUT2D eigenvalue weighted by atomic mass is 35.5. The first-order chi connectivity index (χ1) is 11.5. The lowest BCUT2D eigenvalue weighted by Crippen LogP contribution is -2.23. The third kappa shape index (κ3) is 3.81. The van der Waals surface area contributed by atoms with Crippen molar-refractivity contribution in [3.8, 4) is 5.69 Å². The topological polar surface area (TPSA) is 59.8 Å². The van der Waals surface area contributed by atoms with Gasteiger partial charge in [-0.3, -0.25) is 4.79 Å². The van der Waals surface area contributed by atoms with Crippen molar-refractivity contribution in [3.05, 3.63) is 76.1 Å². The molecule has 0 aliphatic rings. The van der Waals surface area contributed by atoms with Gasteiger partial charge in [-0.15, -0.1) is 5.10 Å². The Bertz CT molecular complexity index is 851. The van der Waals surface area contributed by atoms with Gasteiger partial charge in [0.05, 0.1) is 11.9 Å². The van der Waals surface area contributed by atoms with E-state index >= 15 is 0 Å². The molecule has 0 saturated carbocycles. The lowest BCUT2D eigenvalue weighted by molar-refractivity contribution is 0.0946. The lowest BCUT2D eigenvalue weighted by atomic mass is 10.1. The monoisotopic (exact) mass is 340 g/mol. The van der Waals surface area contributed by atoms with Crippen molar-refractivity contribution in [1.29, 1.82) is 0 Å². The number of carbonyl (C=O) groups is 1. The van der Waals surface area contributed by atoms with Crippen LogP contribution >= 0.6 is 11.6 Å². The van der Waals surface area contributed by atoms with Crippen LogP contribution in [0.4, 0.5) is 0 Å². The molecule has 0 fully saturated rings. The average Bonchev–Trinajstić information content (AvgIpc) is 3.03. The summed E-state index contributed by atoms with van der Waals surface area (Å²) in [6.07, 6.45) is 1.63. The first-order valence-electron chi connectivity index (χ1n) is 7.55. The highest BCUT2D eigenvalue weighted by Crippen LogP contribution is 2.13. The van der Waals surface area contributed by atoms with Gasteiger partial charge >= 0.3 is 0 Å². The first-order valence-corrected chi connectivity index (χ1v) is 7.93. The molecule has 1 aromatic heterocycles. The van der Waals surface area contributed by atoms with Gasteiger partial charge in [-0.25, -0.2) is 4.68 Å². The molecule has 2 aromatic carbocycles. The molecule has 0 atom stereocenters. The Hall–Kier alpha value is -2.66. The predicted molar refractivity (Wildman–Crippen MR) is 93.5 cm³/mol. The molecular formula is C18H17ClN4O. The second-order valence-corrected chi connectivity index (χ2v) is 6.14. The molecule has 0 aliphatic carbocycles. The summed E-state index contributed by atoms with van der Waals surface area (Å²) in [5.41, 5.74) is 4.40. The summed E-state index contributed by atoms with van der Waals surface area (Å²) in [7, 11) is 0. The Balaban J connectivity index is 1.70. The van der Waals surface area contributed by atoms with Crippen LogP contribution in [0.5, 0.6) is 0 Å². The number of halogens is 1. The fraction of sp³-hybridized carbons (Fsp3) is 0.167. The minimum Gasteiger partial charge on any atom is -0.347 e. The number of carbonyl (C=O) groups excluding carboxylic acids is 1. The van der Waals surface area contributed by atoms with E-state index in [4.69, 9.17) is 11.6 Å². The Morgan fingerprint density at radius 2 is 1.79 bits per heavy atom. The molecule has 5 nitrogen and oxygen atoms in total. The van der Waals surface area contributed by atoms with E-state index in [0.717, 1.165) is 22.4 Å². The van der Waals surface area contributed by atoms with E-state index in [1.807, 2.05) is 38.1 Å². The van der Waals surface area contributed by atoms with Crippen LogP contribution in [0.15, 0.2) is 48.7 Å². The number of rotatable bonds is 4. The van der Waals surface area contributed by atoms with Crippen molar-refractivity contribution < 1.29 is 4.79 Å². The highest BCUT2D eigenvalue weighted by molar-refractivity contribution is 6.30. The van der Waals surface area contributed by atoms with Crippen molar-refractivity contribution in [3.63, 3.8) is 0 Å². The van der Waals surface area contributed by atoms with Gasteiger partial charge in [0.25, 0.3) is 5.91 Å². The second kappa shape index (κ2) is 6.84. The third-order valence-electron chi connectivity index (χ3n) is 3.56. The number of aromatic nitrogens is 3. The predicted octanol–water partition coefficient (Wildman–Crippen LogP) is 3.47. The summed E-state index contributed by atoms with van der Waals surface area (Å²) in [6.45, 7) is 4.45. The summed E-state index contributed by atoms with van der Waals surface area (Å²) in [5.74, 6) is -0.263. The van der Waals surface area contributed by atoms with Gasteiger partial charge in [-0.2, -0.15) is 0 Å². The zero-order chi connectivity index (χ0) is 17.1. The Morgan fingerprint density at radius 3 is 2.46 bits per heavy atom. The van der Waals surface area contributed by atoms with Crippen LogP contribution < -0.4 is 5.32 Å². The smallest absolute Gasteiger partial charge is 0.273 e. The molecule has 0 radical (unpaired) electrons. The number of nitrogens with one attached hydrogen (secondary N) is 1. The molecule has 0 unspecified atom stereocenters. The molecule has 0 spiro atoms. The van der Waals surface area contributed by atoms with Crippen molar-refractivity contribution in [2.45, 2.75) is 20.4 Å². The molecule has 1 N–H and O–H groups in total. The van der Waals surface area contributed by atoms with Gasteiger partial charge in [0.2, 0.25) is 0 Å². The molecule has 3 aromatic rings. The Morgan fingerprint density at radius 1 is 1.12 bits per heavy atom. The van der Waals surface area contributed by atoms with E-state index in [9.17, 15) is 4.79 Å². The van der Waals surface area contributed by atoms with Crippen LogP contribution in [-0.2, 0) is 6.54 Å². The minimum atomic E-state index is -0.263. The van der Waals surface area contributed by atoms with Crippen molar-refractivity contribution in [2.75, 3.05) is 0 Å². The molecule has 24 heavy (non-hydrogen) atoms. The SMILES string of the molecule is Cc1cc(C)cc(-n2cc(C(=O)NCc3ccc(Cl)cc3)nn2)c1. The van der Waals surface area contributed by atoms with Crippen LogP contribution in [0.1, 0.15) is 27.2 Å². The third-order valence-corrected chi connectivity index (χ3v) is 3.82. The van der Waals surface area contributed by atoms with Crippen molar-refractivity contribution in [1.82, 2.24) is 20.3 Å². The molecule has 3 rings (SSSR count). The average molecular weight is 341 g/mol. The number of hydrogen-bond donors (Lipinski definition) is 1. The number of hydrogen-bond acceptors (Lipinski definition) is 3.